The first kappa shape index (κ1) is 21.7. The van der Waals surface area contributed by atoms with Gasteiger partial charge >= 0.3 is 38.9 Å². The average Bonchev–Trinajstić information content (AvgIpc) is 2.83. The van der Waals surface area contributed by atoms with Crippen LogP contribution in [-0.2, 0) is 19.8 Å². The summed E-state index contributed by atoms with van der Waals surface area (Å²) in [5.74, 6) is 0. The third-order valence-electron chi connectivity index (χ3n) is 4.64. The summed E-state index contributed by atoms with van der Waals surface area (Å²) in [7, 11) is -1.91. The third-order valence-corrected chi connectivity index (χ3v) is 9.42. The molecule has 150 valence electrons. The molecule has 4 aromatic carbocycles. The van der Waals surface area contributed by atoms with Crippen LogP contribution in [0.5, 0.6) is 0 Å². The minimum atomic E-state index is -1.91. The van der Waals surface area contributed by atoms with Crippen molar-refractivity contribution < 1.29 is 19.8 Å². The fourth-order valence-corrected chi connectivity index (χ4v) is 7.89. The number of benzene rings is 4. The Labute approximate surface area is 188 Å². The minimum Gasteiger partial charge on any atom is -0.0620 e. The van der Waals surface area contributed by atoms with E-state index in [4.69, 9.17) is 10.5 Å². The second kappa shape index (κ2) is 11.3. The summed E-state index contributed by atoms with van der Waals surface area (Å²) in [6.07, 6.45) is 0. The molecule has 0 aromatic heterocycles. The van der Waals surface area contributed by atoms with E-state index >= 15 is 0 Å². The third kappa shape index (κ3) is 4.77. The van der Waals surface area contributed by atoms with Crippen LogP contribution in [0.3, 0.4) is 0 Å². The second-order valence-corrected chi connectivity index (χ2v) is 11.1. The van der Waals surface area contributed by atoms with E-state index in [2.05, 4.69) is 121 Å². The zero-order valence-corrected chi connectivity index (χ0v) is 19.3. The van der Waals surface area contributed by atoms with Crippen LogP contribution in [0.2, 0.25) is 0 Å². The quantitative estimate of drug-likeness (QED) is 0.263. The molecule has 4 heteroatoms. The Kier molecular flexibility index (Phi) is 8.17. The molecule has 0 saturated carbocycles. The van der Waals surface area contributed by atoms with E-state index in [-0.39, 0.29) is 0 Å². The van der Waals surface area contributed by atoms with Gasteiger partial charge in [0.05, 0.1) is 0 Å². The van der Waals surface area contributed by atoms with E-state index in [9.17, 15) is 0 Å². The first-order valence-electron chi connectivity index (χ1n) is 9.29. The maximum Gasteiger partial charge on any atom is 0.144 e. The maximum absolute atomic E-state index is 7.64. The van der Waals surface area contributed by atoms with Crippen molar-refractivity contribution in [2.24, 2.45) is 0 Å². The monoisotopic (exact) mass is 588 g/mol. The second-order valence-electron chi connectivity index (χ2n) is 6.22. The number of hydrogen-bond acceptors (Lipinski definition) is 2. The molecule has 0 aliphatic heterocycles. The van der Waals surface area contributed by atoms with Crippen molar-refractivity contribution in [2.75, 3.05) is 0 Å². The Morgan fingerprint density at radius 1 is 0.433 bits per heavy atom. The van der Waals surface area contributed by atoms with Crippen LogP contribution in [0.15, 0.2) is 121 Å². The molecule has 4 aromatic rings. The zero-order valence-electron chi connectivity index (χ0n) is 16.2. The molecule has 0 fully saturated rings. The molecule has 0 saturated heterocycles. The number of nitrogens with zero attached hydrogens (tertiary/aromatic N) is 2. The summed E-state index contributed by atoms with van der Waals surface area (Å²) < 4.78 is 3.51. The smallest absolute Gasteiger partial charge is 0.0620 e. The van der Waals surface area contributed by atoms with Crippen LogP contribution in [0, 0.1) is 19.1 Å². The van der Waals surface area contributed by atoms with Crippen molar-refractivity contribution in [2.45, 2.75) is 0 Å². The Morgan fingerprint density at radius 2 is 0.667 bits per heavy atom. The number of hydrogen-bond donors (Lipinski definition) is 0. The van der Waals surface area contributed by atoms with Crippen LogP contribution in [0.1, 0.15) is 0 Å². The van der Waals surface area contributed by atoms with Gasteiger partial charge in [-0.15, -0.1) is 0 Å². The van der Waals surface area contributed by atoms with Crippen molar-refractivity contribution in [3.05, 3.63) is 121 Å². The predicted molar refractivity (Wildman–Crippen MR) is 122 cm³/mol. The summed E-state index contributed by atoms with van der Waals surface area (Å²) in [5, 5.41) is 20.8. The van der Waals surface area contributed by atoms with E-state index in [0.717, 1.165) is 0 Å². The Morgan fingerprint density at radius 3 is 0.833 bits per heavy atom. The van der Waals surface area contributed by atoms with Crippen LogP contribution in [0.4, 0.5) is 0 Å². The Hall–Kier alpha value is -2.97. The van der Waals surface area contributed by atoms with Crippen molar-refractivity contribution >= 4 is 28.5 Å². The molecule has 0 unspecified atom stereocenters. The van der Waals surface area contributed by atoms with Crippen molar-refractivity contribution in [1.29, 1.82) is 10.5 Å². The SMILES string of the molecule is N#[C][Au-][C]#N.c1ccc([P+](c2ccccc2)(c2ccccc2)c2ccccc2)cc1. The normalized spacial score (nSPS) is 10.2. The zero-order chi connectivity index (χ0) is 21.1. The molecular formula is C26H20AuN2P. The van der Waals surface area contributed by atoms with Crippen LogP contribution in [0.25, 0.3) is 0 Å². The van der Waals surface area contributed by atoms with Gasteiger partial charge < -0.3 is 0 Å². The van der Waals surface area contributed by atoms with Gasteiger partial charge in [0.25, 0.3) is 0 Å². The van der Waals surface area contributed by atoms with E-state index in [1.165, 1.54) is 21.2 Å². The Bertz CT molecular complexity index is 944. The summed E-state index contributed by atoms with van der Waals surface area (Å²) in [4.78, 5) is 0. The van der Waals surface area contributed by atoms with Gasteiger partial charge in [-0.2, -0.15) is 0 Å². The molecule has 4 rings (SSSR count). The van der Waals surface area contributed by atoms with E-state index < -0.39 is 27.0 Å². The fourth-order valence-electron chi connectivity index (χ4n) is 3.52. The van der Waals surface area contributed by atoms with Gasteiger partial charge in [0.2, 0.25) is 0 Å². The molecule has 0 atom stereocenters. The van der Waals surface area contributed by atoms with Gasteiger partial charge in [-0.25, -0.2) is 0 Å². The predicted octanol–water partition coefficient (Wildman–Crippen LogP) is 4.34. The first-order valence-corrected chi connectivity index (χ1v) is 13.2. The van der Waals surface area contributed by atoms with Crippen LogP contribution in [-0.4, -0.2) is 0 Å². The van der Waals surface area contributed by atoms with Crippen molar-refractivity contribution in [3.63, 3.8) is 0 Å². The molecule has 0 N–H and O–H groups in total. The standard InChI is InChI=1S/C24H20P.2CN.Au/c1-5-13-21(14-6-1)25(22-15-7-2-8-16-22,23-17-9-3-10-18-23)24-19-11-4-12-20-24;2*1-2;/h1-20H;;;/q+1;;;-1. The van der Waals surface area contributed by atoms with Crippen molar-refractivity contribution in [3.8, 4) is 8.57 Å². The molecule has 0 spiro atoms. The van der Waals surface area contributed by atoms with Gasteiger partial charge in [0.15, 0.2) is 0 Å². The molecule has 2 nitrogen and oxygen atoms in total. The Balaban J connectivity index is 0.000000461. The molecule has 0 aliphatic rings. The van der Waals surface area contributed by atoms with Gasteiger partial charge in [0.1, 0.15) is 28.5 Å². The van der Waals surface area contributed by atoms with E-state index in [1.807, 2.05) is 0 Å². The van der Waals surface area contributed by atoms with Crippen molar-refractivity contribution in [1.82, 2.24) is 0 Å². The van der Waals surface area contributed by atoms with Gasteiger partial charge in [-0.3, -0.25) is 0 Å². The fraction of sp³-hybridized carbons (Fsp3) is 0. The summed E-state index contributed by atoms with van der Waals surface area (Å²) in [5.41, 5.74) is 0. The molecule has 0 amide bonds. The van der Waals surface area contributed by atoms with Gasteiger partial charge in [-0.05, 0) is 48.5 Å². The maximum atomic E-state index is 7.64. The molecule has 0 aliphatic carbocycles. The van der Waals surface area contributed by atoms with Gasteiger partial charge in [-0.1, -0.05) is 72.8 Å². The average molecular weight is 588 g/mol. The topological polar surface area (TPSA) is 47.6 Å². The molecule has 30 heavy (non-hydrogen) atoms. The number of rotatable bonds is 4. The molecule has 0 bridgehead atoms. The van der Waals surface area contributed by atoms with E-state index in [0.29, 0.717) is 0 Å². The molecular weight excluding hydrogens is 568 g/mol. The first-order chi connectivity index (χ1) is 14.8. The van der Waals surface area contributed by atoms with Gasteiger partial charge in [0, 0.05) is 0 Å². The number of nitriles is 2. The van der Waals surface area contributed by atoms with Crippen LogP contribution >= 0.6 is 7.26 Å². The molecule has 0 heterocycles. The molecule has 0 radical (unpaired) electrons. The van der Waals surface area contributed by atoms with E-state index in [1.54, 1.807) is 8.57 Å². The summed E-state index contributed by atoms with van der Waals surface area (Å²) >= 11 is -0.670. The van der Waals surface area contributed by atoms with Crippen LogP contribution < -0.4 is 21.2 Å². The summed E-state index contributed by atoms with van der Waals surface area (Å²) in [6.45, 7) is 0. The summed E-state index contributed by atoms with van der Waals surface area (Å²) in [6, 6.07) is 43.8. The minimum absolute atomic E-state index is 0.670. The largest absolute Gasteiger partial charge is 0.144 e.